The summed E-state index contributed by atoms with van der Waals surface area (Å²) in [6.45, 7) is 10.7. The number of hydrogen-bond donors (Lipinski definition) is 4. The Morgan fingerprint density at radius 3 is 1.73 bits per heavy atom. The van der Waals surface area contributed by atoms with Crippen molar-refractivity contribution in [3.05, 3.63) is 103 Å². The van der Waals surface area contributed by atoms with E-state index in [-0.39, 0.29) is 56.5 Å². The van der Waals surface area contributed by atoms with Gasteiger partial charge in [-0.05, 0) is 78.6 Å². The number of methoxy groups -OCH3 is 1. The highest BCUT2D eigenvalue weighted by Crippen LogP contribution is 2.34. The number of nitrogens with zero attached hydrogens (tertiary/aromatic N) is 6. The van der Waals surface area contributed by atoms with Crippen molar-refractivity contribution in [3.8, 4) is 40.0 Å². The van der Waals surface area contributed by atoms with Crippen molar-refractivity contribution in [2.24, 2.45) is 0 Å². The molecule has 5 heterocycles. The van der Waals surface area contributed by atoms with Crippen molar-refractivity contribution in [1.29, 1.82) is 5.26 Å². The van der Waals surface area contributed by atoms with Gasteiger partial charge in [-0.2, -0.15) is 5.26 Å². The number of carbonyl (C=O) groups excluding carboxylic acids is 5. The summed E-state index contributed by atoms with van der Waals surface area (Å²) in [7, 11) is 4.24. The number of ether oxygens (including phenoxy) is 15. The normalized spacial score (nSPS) is 13.5. The van der Waals surface area contributed by atoms with Gasteiger partial charge in [0.2, 0.25) is 17.7 Å². The Morgan fingerprint density at radius 2 is 1.17 bits per heavy atom. The minimum absolute atomic E-state index is 0.0282. The van der Waals surface area contributed by atoms with E-state index in [1.807, 2.05) is 36.4 Å². The molecule has 0 spiro atoms. The van der Waals surface area contributed by atoms with E-state index in [4.69, 9.17) is 76.8 Å². The van der Waals surface area contributed by atoms with Crippen LogP contribution in [0.3, 0.4) is 0 Å². The lowest BCUT2D eigenvalue weighted by molar-refractivity contribution is -0.145. The van der Waals surface area contributed by atoms with Crippen molar-refractivity contribution in [2.75, 3.05) is 209 Å². The lowest BCUT2D eigenvalue weighted by Gasteiger charge is -2.19. The van der Waals surface area contributed by atoms with Crippen LogP contribution in [0.1, 0.15) is 55.1 Å². The molecule has 4 aromatic heterocycles. The average Bonchev–Trinajstić information content (AvgIpc) is 1.19. The van der Waals surface area contributed by atoms with Crippen molar-refractivity contribution < 1.29 is 104 Å². The number of fused-ring (bicyclic) bond motifs is 2. The summed E-state index contributed by atoms with van der Waals surface area (Å²) >= 11 is 0. The third-order valence-corrected chi connectivity index (χ3v) is 18.5. The Hall–Kier alpha value is -8.12. The Morgan fingerprint density at radius 1 is 0.624 bits per heavy atom. The maximum absolute atomic E-state index is 14.0. The molecule has 0 aliphatic carbocycles. The number of esters is 1. The highest BCUT2D eigenvalue weighted by molar-refractivity contribution is 8.76. The van der Waals surface area contributed by atoms with Crippen molar-refractivity contribution in [1.82, 2.24) is 40.8 Å². The molecule has 2 aromatic carbocycles. The fourth-order valence-electron chi connectivity index (χ4n) is 10.4. The number of alkyl halides is 2. The second-order valence-electron chi connectivity index (χ2n) is 24.2. The molecule has 7 rings (SSSR count). The molecule has 2 atom stereocenters. The lowest BCUT2D eigenvalue weighted by Crippen LogP contribution is -2.50. The van der Waals surface area contributed by atoms with Gasteiger partial charge in [0, 0.05) is 84.2 Å². The summed E-state index contributed by atoms with van der Waals surface area (Å²) in [5.74, 6) is -5.17. The number of likely N-dealkylation sites (tertiary alicyclic amines) is 1. The van der Waals surface area contributed by atoms with Gasteiger partial charge in [0.25, 0.3) is 17.7 Å². The number of halogens is 2. The lowest BCUT2D eigenvalue weighted by atomic mass is 9.98. The molecule has 30 nitrogen and oxygen atoms in total. The van der Waals surface area contributed by atoms with Gasteiger partial charge >= 0.3 is 5.97 Å². The number of aromatic nitrogens is 4. The molecule has 4 amide bonds. The standard InChI is InChI=1S/C75H100F2N10O20S2/c1-3-4-18-94-20-22-96-24-26-98-28-30-100-32-34-102-36-38-104-40-41-105-39-37-103-35-33-101-31-29-99-27-25-97-23-21-95-19-17-82-73(92)68(86-69(88)52-106-60-10-12-67-64(45-60)62(14-16-81-67)72(91)84-50-70(89)87-54-75(76,77)46-59(87)47-78)53-109-108-42-5-6-71(90)107-51-58-9-7-56(48-83-58)61-13-15-80-66-11-8-55(43-63(61)66)57-44-65(79)74(93-2)85-49-57/h7-16,43-45,48-49,59,68H,3-6,17-42,46,50-54,79H2,1-2H3,(H,82,92)(H,84,91)(H,86,88)/t59-,68?/m0/s1. The molecule has 0 bridgehead atoms. The third-order valence-electron chi connectivity index (χ3n) is 16.0. The molecule has 109 heavy (non-hydrogen) atoms. The van der Waals surface area contributed by atoms with Gasteiger partial charge in [0.05, 0.1) is 206 Å². The minimum Gasteiger partial charge on any atom is -0.484 e. The Balaban J connectivity index is 0.736. The monoisotopic (exact) mass is 1560 g/mol. The van der Waals surface area contributed by atoms with Crippen LogP contribution >= 0.6 is 21.6 Å². The molecule has 1 saturated heterocycles. The smallest absolute Gasteiger partial charge is 0.306 e. The molecule has 34 heteroatoms. The van der Waals surface area contributed by atoms with E-state index >= 15 is 0 Å². The van der Waals surface area contributed by atoms with Crippen LogP contribution in [0.2, 0.25) is 0 Å². The van der Waals surface area contributed by atoms with E-state index in [1.54, 1.807) is 36.8 Å². The first-order valence-corrected chi connectivity index (χ1v) is 38.6. The first-order chi connectivity index (χ1) is 53.2. The number of rotatable bonds is 59. The van der Waals surface area contributed by atoms with Gasteiger partial charge in [0.1, 0.15) is 24.4 Å². The second kappa shape index (κ2) is 52.1. The number of unbranched alkanes of at least 4 members (excludes halogenated alkanes) is 1. The van der Waals surface area contributed by atoms with E-state index in [0.717, 1.165) is 57.5 Å². The maximum Gasteiger partial charge on any atom is 0.306 e. The molecule has 6 aromatic rings. The van der Waals surface area contributed by atoms with E-state index in [9.17, 15) is 38.0 Å². The van der Waals surface area contributed by atoms with Gasteiger partial charge in [-0.15, -0.1) is 0 Å². The predicted molar refractivity (Wildman–Crippen MR) is 403 cm³/mol. The zero-order chi connectivity index (χ0) is 77.4. The number of nitrogen functional groups attached to an aromatic ring is 1. The van der Waals surface area contributed by atoms with Gasteiger partial charge in [0.15, 0.2) is 6.61 Å². The topological polar surface area (TPSA) is 364 Å². The Bertz CT molecular complexity index is 3730. The maximum atomic E-state index is 14.0. The number of anilines is 1. The summed E-state index contributed by atoms with van der Waals surface area (Å²) in [5.41, 5.74) is 11.8. The molecule has 1 unspecified atom stereocenters. The number of hydrogen-bond acceptors (Lipinski definition) is 28. The average molecular weight is 1560 g/mol. The van der Waals surface area contributed by atoms with Crippen molar-refractivity contribution in [2.45, 2.75) is 63.6 Å². The SMILES string of the molecule is CCCCOCCOCCOCCOCCOCCOCCOCCOCCOCCOCCOCCOCCNC(=O)C(CSSCCCC(=O)OCc1ccc(-c2ccnc3ccc(-c4cnc(OC)c(N)c4)cc23)cn1)NC(=O)COc1ccc2nccc(C(=O)NCC(=O)N3CC(F)(F)C[C@H]3C#N)c2c1. The molecule has 1 fully saturated rings. The number of benzene rings is 2. The Kier molecular flexibility index (Phi) is 42.1. The number of nitrogens with two attached hydrogens (primary N) is 1. The van der Waals surface area contributed by atoms with Crippen LogP contribution < -0.4 is 31.2 Å². The van der Waals surface area contributed by atoms with Gasteiger partial charge in [-0.1, -0.05) is 47.1 Å². The molecule has 5 N–H and O–H groups in total. The summed E-state index contributed by atoms with van der Waals surface area (Å²) in [6.07, 6.45) is 8.51. The van der Waals surface area contributed by atoms with Crippen LogP contribution in [0.15, 0.2) is 91.5 Å². The quantitative estimate of drug-likeness (QED) is 0.0172. The number of pyridine rings is 4. The molecular weight excluding hydrogens is 1460 g/mol. The van der Waals surface area contributed by atoms with Crippen LogP contribution in [-0.4, -0.2) is 276 Å². The highest BCUT2D eigenvalue weighted by Gasteiger charge is 2.47. The zero-order valence-corrected chi connectivity index (χ0v) is 63.4. The van der Waals surface area contributed by atoms with Crippen LogP contribution in [-0.2, 0) is 87.4 Å². The van der Waals surface area contributed by atoms with Gasteiger partial charge < -0.3 is 97.6 Å². The van der Waals surface area contributed by atoms with Crippen LogP contribution in [0, 0.1) is 11.3 Å². The number of carbonyl (C=O) groups is 5. The number of nitriles is 1. The van der Waals surface area contributed by atoms with Gasteiger partial charge in [-0.3, -0.25) is 38.9 Å². The molecule has 0 saturated carbocycles. The minimum atomic E-state index is -3.23. The predicted octanol–water partition coefficient (Wildman–Crippen LogP) is 6.87. The number of amides is 4. The van der Waals surface area contributed by atoms with E-state index in [2.05, 4.69) is 42.8 Å². The zero-order valence-electron chi connectivity index (χ0n) is 61.8. The summed E-state index contributed by atoms with van der Waals surface area (Å²) in [5, 5.41) is 18.5. The molecule has 1 aliphatic rings. The van der Waals surface area contributed by atoms with E-state index in [0.29, 0.717) is 172 Å². The highest BCUT2D eigenvalue weighted by atomic mass is 33.1. The molecule has 1 aliphatic heterocycles. The van der Waals surface area contributed by atoms with E-state index < -0.39 is 73.7 Å². The first-order valence-electron chi connectivity index (χ1n) is 36.2. The molecular formula is C75H100F2N10O20S2. The fourth-order valence-corrected chi connectivity index (χ4v) is 12.6. The first kappa shape index (κ1) is 88.1. The fraction of sp³-hybridized carbons (Fsp3) is 0.547. The van der Waals surface area contributed by atoms with Gasteiger partial charge in [-0.25, -0.2) is 13.8 Å². The summed E-state index contributed by atoms with van der Waals surface area (Å²) in [4.78, 5) is 84.7. The van der Waals surface area contributed by atoms with Crippen LogP contribution in [0.25, 0.3) is 44.1 Å². The van der Waals surface area contributed by atoms with Crippen molar-refractivity contribution >= 4 is 78.7 Å². The second-order valence-corrected chi connectivity index (χ2v) is 26.8. The van der Waals surface area contributed by atoms with Crippen molar-refractivity contribution in [3.63, 3.8) is 0 Å². The Labute approximate surface area is 641 Å². The molecule has 0 radical (unpaired) electrons. The van der Waals surface area contributed by atoms with E-state index in [1.165, 1.54) is 53.1 Å². The summed E-state index contributed by atoms with van der Waals surface area (Å²) < 4.78 is 111. The molecule has 596 valence electrons. The van der Waals surface area contributed by atoms with Crippen LogP contribution in [0.5, 0.6) is 11.6 Å². The third kappa shape index (κ3) is 34.0. The summed E-state index contributed by atoms with van der Waals surface area (Å²) in [6, 6.07) is 18.7. The number of nitrogens with one attached hydrogen (secondary N) is 3. The van der Waals surface area contributed by atoms with Crippen LogP contribution in [0.4, 0.5) is 14.5 Å². The largest absolute Gasteiger partial charge is 0.484 e.